The Hall–Kier alpha value is -1.84. The zero-order chi connectivity index (χ0) is 14.5. The van der Waals surface area contributed by atoms with Crippen LogP contribution in [0.25, 0.3) is 0 Å². The van der Waals surface area contributed by atoms with Crippen LogP contribution in [0, 0.1) is 0 Å². The second-order valence-electron chi connectivity index (χ2n) is 5.32. The average molecular weight is 284 g/mol. The van der Waals surface area contributed by atoms with Crippen molar-refractivity contribution in [3.8, 4) is 5.75 Å². The van der Waals surface area contributed by atoms with Gasteiger partial charge in [-0.1, -0.05) is 48.5 Å². The quantitative estimate of drug-likeness (QED) is 0.795. The Morgan fingerprint density at radius 1 is 0.952 bits per heavy atom. The van der Waals surface area contributed by atoms with Crippen molar-refractivity contribution in [2.24, 2.45) is 0 Å². The summed E-state index contributed by atoms with van der Waals surface area (Å²) in [5.41, 5.74) is 2.36. The molecule has 110 valence electrons. The van der Waals surface area contributed by atoms with Gasteiger partial charge in [0.05, 0.1) is 12.7 Å². The van der Waals surface area contributed by atoms with Crippen LogP contribution in [0.5, 0.6) is 5.75 Å². The van der Waals surface area contributed by atoms with Gasteiger partial charge in [0.2, 0.25) is 0 Å². The molecule has 0 bridgehead atoms. The highest BCUT2D eigenvalue weighted by Gasteiger charge is 2.37. The van der Waals surface area contributed by atoms with Crippen LogP contribution in [-0.2, 0) is 17.8 Å². The van der Waals surface area contributed by atoms with Crippen molar-refractivity contribution in [2.75, 3.05) is 6.61 Å². The van der Waals surface area contributed by atoms with Crippen LogP contribution in [0.4, 0.5) is 0 Å². The molecular weight excluding hydrogens is 264 g/mol. The number of ether oxygens (including phenoxy) is 2. The zero-order valence-corrected chi connectivity index (χ0v) is 11.9. The number of epoxide rings is 1. The molecule has 0 unspecified atom stereocenters. The number of aryl methyl sites for hydroxylation is 1. The summed E-state index contributed by atoms with van der Waals surface area (Å²) in [4.78, 5) is 0. The average Bonchev–Trinajstić information content (AvgIpc) is 3.31. The van der Waals surface area contributed by atoms with E-state index in [1.165, 1.54) is 5.56 Å². The fourth-order valence-corrected chi connectivity index (χ4v) is 2.48. The molecule has 1 heterocycles. The minimum absolute atomic E-state index is 0.0439. The maximum absolute atomic E-state index is 8.99. The molecule has 21 heavy (non-hydrogen) atoms. The van der Waals surface area contributed by atoms with E-state index >= 15 is 0 Å². The first-order chi connectivity index (χ1) is 10.4. The molecule has 0 spiro atoms. The van der Waals surface area contributed by atoms with Gasteiger partial charge in [0, 0.05) is 0 Å². The highest BCUT2D eigenvalue weighted by atomic mass is 16.6. The Morgan fingerprint density at radius 2 is 1.71 bits per heavy atom. The summed E-state index contributed by atoms with van der Waals surface area (Å²) in [6.45, 7) is 0.702. The lowest BCUT2D eigenvalue weighted by Crippen LogP contribution is -2.02. The van der Waals surface area contributed by atoms with Crippen LogP contribution in [0.1, 0.15) is 17.5 Å². The SMILES string of the molecule is OC[C@H]1O[C@@H]1CCc1ccccc1OCc1ccccc1. The van der Waals surface area contributed by atoms with Gasteiger partial charge in [-0.2, -0.15) is 0 Å². The van der Waals surface area contributed by atoms with Crippen LogP contribution < -0.4 is 4.74 Å². The van der Waals surface area contributed by atoms with Gasteiger partial charge in [0.25, 0.3) is 0 Å². The molecule has 0 aromatic heterocycles. The van der Waals surface area contributed by atoms with Gasteiger partial charge in [-0.3, -0.25) is 0 Å². The summed E-state index contributed by atoms with van der Waals surface area (Å²) in [5.74, 6) is 0.933. The first-order valence-electron chi connectivity index (χ1n) is 7.38. The van der Waals surface area contributed by atoms with Crippen molar-refractivity contribution in [3.05, 3.63) is 65.7 Å². The Morgan fingerprint density at radius 3 is 2.48 bits per heavy atom. The summed E-state index contributed by atoms with van der Waals surface area (Å²) in [5, 5.41) is 8.99. The van der Waals surface area contributed by atoms with E-state index in [0.717, 1.165) is 24.2 Å². The molecule has 1 aliphatic heterocycles. The number of benzene rings is 2. The van der Waals surface area contributed by atoms with Gasteiger partial charge in [0.1, 0.15) is 18.5 Å². The summed E-state index contributed by atoms with van der Waals surface area (Å²) in [6, 6.07) is 18.3. The lowest BCUT2D eigenvalue weighted by Gasteiger charge is -2.11. The monoisotopic (exact) mass is 284 g/mol. The maximum atomic E-state index is 8.99. The highest BCUT2D eigenvalue weighted by Crippen LogP contribution is 2.28. The zero-order valence-electron chi connectivity index (χ0n) is 11.9. The molecule has 3 heteroatoms. The van der Waals surface area contributed by atoms with Crippen LogP contribution in [0.3, 0.4) is 0 Å². The molecule has 1 aliphatic rings. The second kappa shape index (κ2) is 6.74. The van der Waals surface area contributed by atoms with Gasteiger partial charge < -0.3 is 14.6 Å². The first kappa shape index (κ1) is 14.1. The number of hydrogen-bond donors (Lipinski definition) is 1. The van der Waals surface area contributed by atoms with Gasteiger partial charge in [-0.25, -0.2) is 0 Å². The minimum Gasteiger partial charge on any atom is -0.489 e. The predicted octanol–water partition coefficient (Wildman–Crippen LogP) is 2.96. The Balaban J connectivity index is 1.57. The smallest absolute Gasteiger partial charge is 0.122 e. The summed E-state index contributed by atoms with van der Waals surface area (Å²) in [7, 11) is 0. The normalized spacial score (nSPS) is 20.2. The van der Waals surface area contributed by atoms with Crippen molar-refractivity contribution in [1.29, 1.82) is 0 Å². The van der Waals surface area contributed by atoms with Gasteiger partial charge in [-0.15, -0.1) is 0 Å². The van der Waals surface area contributed by atoms with E-state index in [-0.39, 0.29) is 18.8 Å². The van der Waals surface area contributed by atoms with E-state index in [0.29, 0.717) is 6.61 Å². The minimum atomic E-state index is 0.0439. The fraction of sp³-hybridized carbons (Fsp3) is 0.333. The summed E-state index contributed by atoms with van der Waals surface area (Å²) in [6.07, 6.45) is 2.09. The molecule has 3 nitrogen and oxygen atoms in total. The van der Waals surface area contributed by atoms with Gasteiger partial charge in [-0.05, 0) is 30.0 Å². The van der Waals surface area contributed by atoms with Gasteiger partial charge in [0.15, 0.2) is 0 Å². The number of rotatable bonds is 7. The fourth-order valence-electron chi connectivity index (χ4n) is 2.48. The molecule has 1 fully saturated rings. The molecular formula is C18H20O3. The lowest BCUT2D eigenvalue weighted by atomic mass is 10.1. The standard InChI is InChI=1S/C18H20O3/c19-12-18-17(21-18)11-10-15-8-4-5-9-16(15)20-13-14-6-2-1-3-7-14/h1-9,17-19H,10-13H2/t17-,18-/m1/s1. The third-order valence-electron chi connectivity index (χ3n) is 3.78. The summed E-state index contributed by atoms with van der Waals surface area (Å²) >= 11 is 0. The first-order valence-corrected chi connectivity index (χ1v) is 7.38. The number of para-hydroxylation sites is 1. The number of hydrogen-bond acceptors (Lipinski definition) is 3. The molecule has 0 aliphatic carbocycles. The van der Waals surface area contributed by atoms with Crippen molar-refractivity contribution in [2.45, 2.75) is 31.7 Å². The van der Waals surface area contributed by atoms with E-state index in [1.54, 1.807) is 0 Å². The molecule has 1 N–H and O–H groups in total. The second-order valence-corrected chi connectivity index (χ2v) is 5.32. The van der Waals surface area contributed by atoms with Crippen molar-refractivity contribution >= 4 is 0 Å². The van der Waals surface area contributed by atoms with Crippen molar-refractivity contribution < 1.29 is 14.6 Å². The predicted molar refractivity (Wildman–Crippen MR) is 81.3 cm³/mol. The van der Waals surface area contributed by atoms with Crippen LogP contribution in [0.15, 0.2) is 54.6 Å². The maximum Gasteiger partial charge on any atom is 0.122 e. The lowest BCUT2D eigenvalue weighted by molar-refractivity contribution is 0.241. The van der Waals surface area contributed by atoms with E-state index in [9.17, 15) is 0 Å². The van der Waals surface area contributed by atoms with E-state index < -0.39 is 0 Å². The molecule has 2 aromatic rings. The van der Waals surface area contributed by atoms with Crippen molar-refractivity contribution in [1.82, 2.24) is 0 Å². The number of aliphatic hydroxyl groups excluding tert-OH is 1. The number of aliphatic hydroxyl groups is 1. The van der Waals surface area contributed by atoms with Crippen molar-refractivity contribution in [3.63, 3.8) is 0 Å². The van der Waals surface area contributed by atoms with Gasteiger partial charge >= 0.3 is 0 Å². The Bertz CT molecular complexity index is 568. The molecule has 1 saturated heterocycles. The Labute approximate surface area is 125 Å². The topological polar surface area (TPSA) is 42.0 Å². The molecule has 0 saturated carbocycles. The summed E-state index contributed by atoms with van der Waals surface area (Å²) < 4.78 is 11.3. The third kappa shape index (κ3) is 3.84. The molecule has 2 atom stereocenters. The molecule has 0 radical (unpaired) electrons. The van der Waals surface area contributed by atoms with Crippen LogP contribution >= 0.6 is 0 Å². The highest BCUT2D eigenvalue weighted by molar-refractivity contribution is 5.34. The largest absolute Gasteiger partial charge is 0.489 e. The molecule has 2 aromatic carbocycles. The third-order valence-corrected chi connectivity index (χ3v) is 3.78. The molecule has 3 rings (SSSR count). The van der Waals surface area contributed by atoms with E-state index in [1.807, 2.05) is 36.4 Å². The molecule has 0 amide bonds. The van der Waals surface area contributed by atoms with E-state index in [2.05, 4.69) is 18.2 Å². The van der Waals surface area contributed by atoms with E-state index in [4.69, 9.17) is 14.6 Å². The van der Waals surface area contributed by atoms with Crippen LogP contribution in [0.2, 0.25) is 0 Å². The Kier molecular flexibility index (Phi) is 4.53. The van der Waals surface area contributed by atoms with Crippen LogP contribution in [-0.4, -0.2) is 23.9 Å².